The lowest BCUT2D eigenvalue weighted by Gasteiger charge is -2.16. The lowest BCUT2D eigenvalue weighted by atomic mass is 10.0. The lowest BCUT2D eigenvalue weighted by molar-refractivity contribution is 0.438. The van der Waals surface area contributed by atoms with Gasteiger partial charge in [0.05, 0.1) is 0 Å². The van der Waals surface area contributed by atoms with Gasteiger partial charge in [-0.2, -0.15) is 0 Å². The van der Waals surface area contributed by atoms with E-state index < -0.39 is 0 Å². The van der Waals surface area contributed by atoms with Crippen LogP contribution in [0.15, 0.2) is 16.1 Å². The van der Waals surface area contributed by atoms with Gasteiger partial charge in [0.2, 0.25) is 0 Å². The molecule has 0 aromatic heterocycles. The second kappa shape index (κ2) is 3.67. The molecule has 0 N–H and O–H groups in total. The van der Waals surface area contributed by atoms with Crippen LogP contribution in [0.2, 0.25) is 0 Å². The van der Waals surface area contributed by atoms with Gasteiger partial charge >= 0.3 is 0 Å². The third-order valence-electron chi connectivity index (χ3n) is 1.89. The van der Waals surface area contributed by atoms with Crippen molar-refractivity contribution in [2.75, 3.05) is 27.2 Å². The summed E-state index contributed by atoms with van der Waals surface area (Å²) in [5.41, 5.74) is 2.88. The minimum Gasteiger partial charge on any atom is -0.305 e. The SMILES string of the molecule is CC1=C(CN(C)C)CCN=C1. The van der Waals surface area contributed by atoms with Crippen LogP contribution < -0.4 is 0 Å². The molecule has 0 fully saturated rings. The molecule has 0 amide bonds. The molecule has 1 aliphatic heterocycles. The first-order valence-corrected chi connectivity index (χ1v) is 4.03. The predicted molar refractivity (Wildman–Crippen MR) is 49.2 cm³/mol. The molecule has 2 heteroatoms. The molecule has 0 unspecified atom stereocenters. The van der Waals surface area contributed by atoms with Crippen molar-refractivity contribution in [1.82, 2.24) is 4.90 Å². The molecule has 0 radical (unpaired) electrons. The van der Waals surface area contributed by atoms with Crippen molar-refractivity contribution in [3.8, 4) is 0 Å². The summed E-state index contributed by atoms with van der Waals surface area (Å²) in [6, 6.07) is 0. The predicted octanol–water partition coefficient (Wildman–Crippen LogP) is 1.34. The number of hydrogen-bond donors (Lipinski definition) is 0. The zero-order valence-electron chi connectivity index (χ0n) is 7.59. The second-order valence-corrected chi connectivity index (χ2v) is 3.31. The molecule has 0 atom stereocenters. The van der Waals surface area contributed by atoms with E-state index in [1.54, 1.807) is 0 Å². The normalized spacial score (nSPS) is 18.2. The van der Waals surface area contributed by atoms with Gasteiger partial charge in [-0.3, -0.25) is 4.99 Å². The van der Waals surface area contributed by atoms with Crippen molar-refractivity contribution in [2.45, 2.75) is 13.3 Å². The third-order valence-corrected chi connectivity index (χ3v) is 1.89. The fourth-order valence-corrected chi connectivity index (χ4v) is 1.27. The fourth-order valence-electron chi connectivity index (χ4n) is 1.27. The summed E-state index contributed by atoms with van der Waals surface area (Å²) in [6.45, 7) is 4.19. The molecule has 0 aromatic carbocycles. The Morgan fingerprint density at radius 1 is 1.55 bits per heavy atom. The van der Waals surface area contributed by atoms with E-state index >= 15 is 0 Å². The number of likely N-dealkylation sites (N-methyl/N-ethyl adjacent to an activating group) is 1. The van der Waals surface area contributed by atoms with Crippen LogP contribution in [0, 0.1) is 0 Å². The Morgan fingerprint density at radius 3 is 2.82 bits per heavy atom. The van der Waals surface area contributed by atoms with E-state index in [0.29, 0.717) is 0 Å². The van der Waals surface area contributed by atoms with Crippen molar-refractivity contribution in [1.29, 1.82) is 0 Å². The highest BCUT2D eigenvalue weighted by Gasteiger charge is 2.05. The summed E-state index contributed by atoms with van der Waals surface area (Å²) in [5, 5.41) is 0. The molecule has 2 nitrogen and oxygen atoms in total. The number of allylic oxidation sites excluding steroid dienone is 1. The van der Waals surface area contributed by atoms with Crippen LogP contribution >= 0.6 is 0 Å². The Kier molecular flexibility index (Phi) is 2.83. The second-order valence-electron chi connectivity index (χ2n) is 3.31. The number of aliphatic imine (C=N–C) groups is 1. The maximum atomic E-state index is 4.21. The Morgan fingerprint density at radius 2 is 2.27 bits per heavy atom. The topological polar surface area (TPSA) is 15.6 Å². The standard InChI is InChI=1S/C9H16N2/c1-8-6-10-5-4-9(8)7-11(2)3/h6H,4-5,7H2,1-3H3. The van der Waals surface area contributed by atoms with E-state index in [4.69, 9.17) is 0 Å². The van der Waals surface area contributed by atoms with Gasteiger partial charge in [0.1, 0.15) is 0 Å². The van der Waals surface area contributed by atoms with Gasteiger partial charge in [0.15, 0.2) is 0 Å². The Labute approximate surface area is 68.6 Å². The first-order chi connectivity index (χ1) is 5.20. The number of dihydropyridines is 1. The average Bonchev–Trinajstić information content (AvgIpc) is 1.93. The highest BCUT2D eigenvalue weighted by atomic mass is 15.0. The smallest absolute Gasteiger partial charge is 0.0427 e. The first-order valence-electron chi connectivity index (χ1n) is 4.03. The number of nitrogens with zero attached hydrogens (tertiary/aromatic N) is 2. The molecule has 1 rings (SSSR count). The van der Waals surface area contributed by atoms with Gasteiger partial charge in [-0.05, 0) is 38.6 Å². The molecule has 0 aromatic rings. The molecule has 0 spiro atoms. The largest absolute Gasteiger partial charge is 0.305 e. The Bertz CT molecular complexity index is 190. The van der Waals surface area contributed by atoms with E-state index in [-0.39, 0.29) is 0 Å². The van der Waals surface area contributed by atoms with Gasteiger partial charge in [0.25, 0.3) is 0 Å². The average molecular weight is 152 g/mol. The fraction of sp³-hybridized carbons (Fsp3) is 0.667. The molecular weight excluding hydrogens is 136 g/mol. The van der Waals surface area contributed by atoms with Crippen molar-refractivity contribution in [3.05, 3.63) is 11.1 Å². The van der Waals surface area contributed by atoms with Crippen LogP contribution in [0.25, 0.3) is 0 Å². The molecule has 11 heavy (non-hydrogen) atoms. The van der Waals surface area contributed by atoms with E-state index in [0.717, 1.165) is 19.5 Å². The van der Waals surface area contributed by atoms with Gasteiger partial charge in [0, 0.05) is 19.3 Å². The Balaban J connectivity index is 2.60. The summed E-state index contributed by atoms with van der Waals surface area (Å²) in [6.07, 6.45) is 3.13. The van der Waals surface area contributed by atoms with Crippen LogP contribution in [0.5, 0.6) is 0 Å². The third kappa shape index (κ3) is 2.46. The minimum absolute atomic E-state index is 0.973. The van der Waals surface area contributed by atoms with E-state index in [9.17, 15) is 0 Å². The monoisotopic (exact) mass is 152 g/mol. The highest BCUT2D eigenvalue weighted by Crippen LogP contribution is 2.12. The lowest BCUT2D eigenvalue weighted by Crippen LogP contribution is -2.18. The van der Waals surface area contributed by atoms with Gasteiger partial charge in [-0.1, -0.05) is 0 Å². The molecule has 0 bridgehead atoms. The molecule has 0 aliphatic carbocycles. The van der Waals surface area contributed by atoms with Crippen LogP contribution in [0.1, 0.15) is 13.3 Å². The van der Waals surface area contributed by atoms with E-state index in [2.05, 4.69) is 30.9 Å². The first kappa shape index (κ1) is 8.47. The molecule has 62 valence electrons. The van der Waals surface area contributed by atoms with Gasteiger partial charge in [-0.15, -0.1) is 0 Å². The molecular formula is C9H16N2. The van der Waals surface area contributed by atoms with Crippen LogP contribution in [0.4, 0.5) is 0 Å². The summed E-state index contributed by atoms with van der Waals surface area (Å²) < 4.78 is 0. The van der Waals surface area contributed by atoms with Gasteiger partial charge < -0.3 is 4.90 Å². The summed E-state index contributed by atoms with van der Waals surface area (Å²) in [5.74, 6) is 0. The maximum absolute atomic E-state index is 4.21. The number of hydrogen-bond acceptors (Lipinski definition) is 2. The Hall–Kier alpha value is -0.630. The van der Waals surface area contributed by atoms with Crippen molar-refractivity contribution < 1.29 is 0 Å². The van der Waals surface area contributed by atoms with Crippen LogP contribution in [-0.4, -0.2) is 38.3 Å². The summed E-state index contributed by atoms with van der Waals surface area (Å²) in [4.78, 5) is 6.42. The zero-order chi connectivity index (χ0) is 8.27. The van der Waals surface area contributed by atoms with E-state index in [1.807, 2.05) is 6.21 Å². The quantitative estimate of drug-likeness (QED) is 0.583. The van der Waals surface area contributed by atoms with Crippen molar-refractivity contribution in [3.63, 3.8) is 0 Å². The van der Waals surface area contributed by atoms with E-state index in [1.165, 1.54) is 11.1 Å². The van der Waals surface area contributed by atoms with Crippen molar-refractivity contribution in [2.24, 2.45) is 4.99 Å². The van der Waals surface area contributed by atoms with Crippen LogP contribution in [-0.2, 0) is 0 Å². The molecule has 0 saturated carbocycles. The summed E-state index contributed by atoms with van der Waals surface area (Å²) in [7, 11) is 4.21. The molecule has 1 aliphatic rings. The minimum atomic E-state index is 0.973. The van der Waals surface area contributed by atoms with Gasteiger partial charge in [-0.25, -0.2) is 0 Å². The summed E-state index contributed by atoms with van der Waals surface area (Å²) >= 11 is 0. The molecule has 0 saturated heterocycles. The highest BCUT2D eigenvalue weighted by molar-refractivity contribution is 5.79. The zero-order valence-corrected chi connectivity index (χ0v) is 7.59. The molecule has 1 heterocycles. The van der Waals surface area contributed by atoms with Crippen molar-refractivity contribution >= 4 is 6.21 Å². The number of rotatable bonds is 2. The maximum Gasteiger partial charge on any atom is 0.0427 e. The van der Waals surface area contributed by atoms with Crippen LogP contribution in [0.3, 0.4) is 0 Å².